The molecule has 6 nitrogen and oxygen atoms in total. The highest BCUT2D eigenvalue weighted by Crippen LogP contribution is 2.28. The van der Waals surface area contributed by atoms with Gasteiger partial charge in [0.15, 0.2) is 0 Å². The van der Waals surface area contributed by atoms with Crippen LogP contribution in [0.5, 0.6) is 0 Å². The molecule has 1 atom stereocenters. The standard InChI is InChI=1S/C22H23N3O3S/c1-16-13-17-7-5-11-20(21(17)23-14-16)29(27,28)25-12-6-8-18(15-25)22(26)24-19-9-3-2-4-10-19/h2-5,7,9-11,13-14,18H,6,8,12,15H2,1H3,(H,24,26)/t18-/m0/s1. The summed E-state index contributed by atoms with van der Waals surface area (Å²) in [7, 11) is -3.75. The normalized spacial score (nSPS) is 17.9. The van der Waals surface area contributed by atoms with Gasteiger partial charge in [0, 0.05) is 30.4 Å². The maximum absolute atomic E-state index is 13.4. The van der Waals surface area contributed by atoms with Gasteiger partial charge in [-0.05, 0) is 49.6 Å². The van der Waals surface area contributed by atoms with Crippen LogP contribution in [0, 0.1) is 12.8 Å². The predicted octanol–water partition coefficient (Wildman–Crippen LogP) is 3.58. The Morgan fingerprint density at radius 2 is 1.93 bits per heavy atom. The number of aryl methyl sites for hydroxylation is 1. The number of hydrogen-bond acceptors (Lipinski definition) is 4. The molecule has 0 spiro atoms. The Kier molecular flexibility index (Phi) is 5.34. The number of benzene rings is 2. The molecule has 29 heavy (non-hydrogen) atoms. The molecule has 3 aromatic rings. The van der Waals surface area contributed by atoms with Gasteiger partial charge in [0.25, 0.3) is 0 Å². The molecule has 150 valence electrons. The Morgan fingerprint density at radius 3 is 2.72 bits per heavy atom. The number of anilines is 1. The van der Waals surface area contributed by atoms with Crippen LogP contribution in [0.3, 0.4) is 0 Å². The average Bonchev–Trinajstić information content (AvgIpc) is 2.74. The molecule has 0 radical (unpaired) electrons. The van der Waals surface area contributed by atoms with E-state index < -0.39 is 10.0 Å². The largest absolute Gasteiger partial charge is 0.326 e. The molecule has 7 heteroatoms. The highest BCUT2D eigenvalue weighted by atomic mass is 32.2. The molecule has 0 saturated carbocycles. The van der Waals surface area contributed by atoms with E-state index in [9.17, 15) is 13.2 Å². The van der Waals surface area contributed by atoms with Crippen LogP contribution in [0.1, 0.15) is 18.4 Å². The van der Waals surface area contributed by atoms with Crippen molar-refractivity contribution < 1.29 is 13.2 Å². The first kappa shape index (κ1) is 19.5. The minimum Gasteiger partial charge on any atom is -0.326 e. The fourth-order valence-electron chi connectivity index (χ4n) is 3.73. The van der Waals surface area contributed by atoms with Crippen LogP contribution in [-0.4, -0.2) is 36.7 Å². The van der Waals surface area contributed by atoms with E-state index in [1.165, 1.54) is 4.31 Å². The van der Waals surface area contributed by atoms with Crippen LogP contribution in [0.2, 0.25) is 0 Å². The summed E-state index contributed by atoms with van der Waals surface area (Å²) >= 11 is 0. The Morgan fingerprint density at radius 1 is 1.14 bits per heavy atom. The van der Waals surface area contributed by atoms with Crippen molar-refractivity contribution in [2.75, 3.05) is 18.4 Å². The second-order valence-electron chi connectivity index (χ2n) is 7.40. The molecular formula is C22H23N3O3S. The molecule has 2 heterocycles. The third-order valence-electron chi connectivity index (χ3n) is 5.22. The van der Waals surface area contributed by atoms with Gasteiger partial charge in [-0.25, -0.2) is 8.42 Å². The Bertz CT molecular complexity index is 1150. The lowest BCUT2D eigenvalue weighted by molar-refractivity contribution is -0.120. The second kappa shape index (κ2) is 7.93. The van der Waals surface area contributed by atoms with E-state index in [-0.39, 0.29) is 23.3 Å². The van der Waals surface area contributed by atoms with E-state index in [1.807, 2.05) is 49.4 Å². The number of amides is 1. The summed E-state index contributed by atoms with van der Waals surface area (Å²) in [6, 6.07) is 16.3. The van der Waals surface area contributed by atoms with Gasteiger partial charge in [0.1, 0.15) is 4.90 Å². The van der Waals surface area contributed by atoms with Crippen LogP contribution in [0.25, 0.3) is 10.9 Å². The van der Waals surface area contributed by atoms with Gasteiger partial charge in [-0.2, -0.15) is 4.31 Å². The number of nitrogens with zero attached hydrogens (tertiary/aromatic N) is 2. The van der Waals surface area contributed by atoms with Crippen molar-refractivity contribution in [1.29, 1.82) is 0 Å². The molecule has 1 aliphatic heterocycles. The molecule has 0 aliphatic carbocycles. The van der Waals surface area contributed by atoms with E-state index in [0.29, 0.717) is 30.6 Å². The first-order chi connectivity index (χ1) is 13.9. The van der Waals surface area contributed by atoms with Gasteiger partial charge in [0.05, 0.1) is 11.4 Å². The zero-order chi connectivity index (χ0) is 20.4. The number of carbonyl (C=O) groups is 1. The van der Waals surface area contributed by atoms with Crippen molar-refractivity contribution in [2.45, 2.75) is 24.7 Å². The first-order valence-electron chi connectivity index (χ1n) is 9.66. The minimum absolute atomic E-state index is 0.150. The van der Waals surface area contributed by atoms with E-state index in [4.69, 9.17) is 0 Å². The Hall–Kier alpha value is -2.77. The molecule has 1 saturated heterocycles. The molecule has 0 unspecified atom stereocenters. The van der Waals surface area contributed by atoms with E-state index >= 15 is 0 Å². The van der Waals surface area contributed by atoms with Crippen molar-refractivity contribution in [1.82, 2.24) is 9.29 Å². The number of aromatic nitrogens is 1. The molecular weight excluding hydrogens is 386 g/mol. The fourth-order valence-corrected chi connectivity index (χ4v) is 5.42. The van der Waals surface area contributed by atoms with Crippen molar-refractivity contribution >= 4 is 32.5 Å². The number of para-hydroxylation sites is 2. The van der Waals surface area contributed by atoms with Crippen molar-refractivity contribution in [3.63, 3.8) is 0 Å². The maximum atomic E-state index is 13.4. The maximum Gasteiger partial charge on any atom is 0.245 e. The third kappa shape index (κ3) is 4.02. The smallest absolute Gasteiger partial charge is 0.245 e. The van der Waals surface area contributed by atoms with Crippen LogP contribution < -0.4 is 5.32 Å². The monoisotopic (exact) mass is 409 g/mol. The number of piperidine rings is 1. The van der Waals surface area contributed by atoms with Gasteiger partial charge in [-0.3, -0.25) is 9.78 Å². The molecule has 2 aromatic carbocycles. The van der Waals surface area contributed by atoms with Gasteiger partial charge in [-0.1, -0.05) is 30.3 Å². The summed E-state index contributed by atoms with van der Waals surface area (Å²) in [5.41, 5.74) is 2.16. The quantitative estimate of drug-likeness (QED) is 0.714. The lowest BCUT2D eigenvalue weighted by atomic mass is 9.99. The molecule has 1 aliphatic rings. The summed E-state index contributed by atoms with van der Waals surface area (Å²) in [5, 5.41) is 3.68. The lowest BCUT2D eigenvalue weighted by Gasteiger charge is -2.31. The lowest BCUT2D eigenvalue weighted by Crippen LogP contribution is -2.43. The van der Waals surface area contributed by atoms with Crippen LogP contribution in [-0.2, 0) is 14.8 Å². The number of nitrogens with one attached hydrogen (secondary N) is 1. The number of hydrogen-bond donors (Lipinski definition) is 1. The van der Waals surface area contributed by atoms with Gasteiger partial charge in [-0.15, -0.1) is 0 Å². The van der Waals surface area contributed by atoms with Crippen LogP contribution in [0.4, 0.5) is 5.69 Å². The summed E-state index contributed by atoms with van der Waals surface area (Å²) in [6.07, 6.45) is 2.98. The van der Waals surface area contributed by atoms with Crippen molar-refractivity contribution in [3.8, 4) is 0 Å². The van der Waals surface area contributed by atoms with Crippen molar-refractivity contribution in [2.24, 2.45) is 5.92 Å². The number of sulfonamides is 1. The average molecular weight is 410 g/mol. The van der Waals surface area contributed by atoms with Crippen LogP contribution in [0.15, 0.2) is 65.7 Å². The Balaban J connectivity index is 1.58. The number of rotatable bonds is 4. The molecule has 1 aromatic heterocycles. The fraction of sp³-hybridized carbons (Fsp3) is 0.273. The summed E-state index contributed by atoms with van der Waals surface area (Å²) in [5.74, 6) is -0.535. The zero-order valence-corrected chi connectivity index (χ0v) is 17.0. The Labute approximate surface area is 170 Å². The summed E-state index contributed by atoms with van der Waals surface area (Å²) in [4.78, 5) is 17.2. The molecule has 1 N–H and O–H groups in total. The van der Waals surface area contributed by atoms with E-state index in [0.717, 1.165) is 10.9 Å². The highest BCUT2D eigenvalue weighted by Gasteiger charge is 2.34. The van der Waals surface area contributed by atoms with E-state index in [2.05, 4.69) is 10.3 Å². The van der Waals surface area contributed by atoms with E-state index in [1.54, 1.807) is 18.3 Å². The summed E-state index contributed by atoms with van der Waals surface area (Å²) < 4.78 is 28.2. The van der Waals surface area contributed by atoms with Gasteiger partial charge < -0.3 is 5.32 Å². The first-order valence-corrected chi connectivity index (χ1v) is 11.1. The molecule has 1 amide bonds. The third-order valence-corrected chi connectivity index (χ3v) is 7.12. The number of carbonyl (C=O) groups excluding carboxylic acids is 1. The number of fused-ring (bicyclic) bond motifs is 1. The predicted molar refractivity (Wildman–Crippen MR) is 113 cm³/mol. The zero-order valence-electron chi connectivity index (χ0n) is 16.2. The topological polar surface area (TPSA) is 79.4 Å². The molecule has 1 fully saturated rings. The molecule has 4 rings (SSSR count). The molecule has 0 bridgehead atoms. The highest BCUT2D eigenvalue weighted by molar-refractivity contribution is 7.89. The summed E-state index contributed by atoms with van der Waals surface area (Å²) in [6.45, 7) is 2.50. The van der Waals surface area contributed by atoms with Crippen molar-refractivity contribution in [3.05, 3.63) is 66.4 Å². The van der Waals surface area contributed by atoms with Gasteiger partial charge in [0.2, 0.25) is 15.9 Å². The second-order valence-corrected chi connectivity index (χ2v) is 9.30. The number of pyridine rings is 1. The van der Waals surface area contributed by atoms with Crippen LogP contribution >= 0.6 is 0 Å². The van der Waals surface area contributed by atoms with Gasteiger partial charge >= 0.3 is 0 Å². The minimum atomic E-state index is -3.75. The SMILES string of the molecule is Cc1cnc2c(S(=O)(=O)N3CCC[C@H](C(=O)Nc4ccccc4)C3)cccc2c1.